The number of amides is 2. The highest BCUT2D eigenvalue weighted by Gasteiger charge is 2.17. The van der Waals surface area contributed by atoms with Crippen LogP contribution < -0.4 is 10.6 Å². The molecule has 0 bridgehead atoms. The van der Waals surface area contributed by atoms with Crippen molar-refractivity contribution in [2.24, 2.45) is 0 Å². The quantitative estimate of drug-likeness (QED) is 0.692. The fourth-order valence-electron chi connectivity index (χ4n) is 2.98. The van der Waals surface area contributed by atoms with E-state index in [1.165, 1.54) is 32.0 Å². The van der Waals surface area contributed by atoms with Crippen LogP contribution in [0.25, 0.3) is 0 Å². The Balaban J connectivity index is 1.55. The molecule has 1 aliphatic heterocycles. The van der Waals surface area contributed by atoms with Gasteiger partial charge in [-0.1, -0.05) is 6.42 Å². The summed E-state index contributed by atoms with van der Waals surface area (Å²) in [5.74, 6) is -0.346. The number of aromatic nitrogens is 2. The first-order chi connectivity index (χ1) is 12.1. The number of nitrogens with zero attached hydrogens (tertiary/aromatic N) is 3. The van der Waals surface area contributed by atoms with Crippen LogP contribution in [0.1, 0.15) is 55.2 Å². The molecule has 2 heterocycles. The lowest BCUT2D eigenvalue weighted by atomic mass is 10.0. The highest BCUT2D eigenvalue weighted by Crippen LogP contribution is 2.15. The number of aryl methyl sites for hydroxylation is 1. The number of likely N-dealkylation sites (tertiary alicyclic amines) is 1. The zero-order valence-electron chi connectivity index (χ0n) is 15.3. The number of hydrogen-bond donors (Lipinski definition) is 2. The molecule has 0 aliphatic carbocycles. The Morgan fingerprint density at radius 2 is 2.04 bits per heavy atom. The van der Waals surface area contributed by atoms with Crippen molar-refractivity contribution in [3.8, 4) is 0 Å². The van der Waals surface area contributed by atoms with Crippen LogP contribution in [0.2, 0.25) is 0 Å². The van der Waals surface area contributed by atoms with Gasteiger partial charge in [0, 0.05) is 38.3 Å². The number of carbonyl (C=O) groups is 2. The van der Waals surface area contributed by atoms with Gasteiger partial charge in [0.2, 0.25) is 5.91 Å². The zero-order valence-corrected chi connectivity index (χ0v) is 15.3. The SMILES string of the molecule is Cc1cnc(C(=O)NCCC(=O)NCCCN2CCCCC2C)cn1. The lowest BCUT2D eigenvalue weighted by Crippen LogP contribution is -2.39. The molecule has 25 heavy (non-hydrogen) atoms. The van der Waals surface area contributed by atoms with Crippen molar-refractivity contribution >= 4 is 11.8 Å². The summed E-state index contributed by atoms with van der Waals surface area (Å²) in [6.07, 6.45) is 8.09. The number of rotatable bonds is 8. The van der Waals surface area contributed by atoms with E-state index in [2.05, 4.69) is 32.4 Å². The molecule has 0 aromatic carbocycles. The van der Waals surface area contributed by atoms with Gasteiger partial charge in [0.05, 0.1) is 11.9 Å². The second-order valence-corrected chi connectivity index (χ2v) is 6.63. The van der Waals surface area contributed by atoms with E-state index in [0.717, 1.165) is 18.7 Å². The molecular formula is C18H29N5O2. The maximum absolute atomic E-state index is 11.9. The molecule has 0 radical (unpaired) electrons. The molecule has 0 spiro atoms. The third kappa shape index (κ3) is 6.78. The number of hydrogen-bond acceptors (Lipinski definition) is 5. The van der Waals surface area contributed by atoms with Crippen molar-refractivity contribution in [3.05, 3.63) is 23.8 Å². The van der Waals surface area contributed by atoms with Crippen LogP contribution >= 0.6 is 0 Å². The molecule has 1 saturated heterocycles. The van der Waals surface area contributed by atoms with Gasteiger partial charge in [-0.15, -0.1) is 0 Å². The monoisotopic (exact) mass is 347 g/mol. The van der Waals surface area contributed by atoms with Crippen molar-refractivity contribution in [2.45, 2.75) is 52.0 Å². The fourth-order valence-corrected chi connectivity index (χ4v) is 2.98. The summed E-state index contributed by atoms with van der Waals surface area (Å²) in [5, 5.41) is 5.60. The van der Waals surface area contributed by atoms with E-state index in [9.17, 15) is 9.59 Å². The minimum absolute atomic E-state index is 0.0398. The largest absolute Gasteiger partial charge is 0.356 e. The Morgan fingerprint density at radius 3 is 2.76 bits per heavy atom. The summed E-state index contributed by atoms with van der Waals surface area (Å²) in [6.45, 7) is 7.26. The molecular weight excluding hydrogens is 318 g/mol. The maximum Gasteiger partial charge on any atom is 0.271 e. The number of piperidine rings is 1. The van der Waals surface area contributed by atoms with Gasteiger partial charge in [0.25, 0.3) is 5.91 Å². The molecule has 1 aromatic heterocycles. The molecule has 2 amide bonds. The van der Waals surface area contributed by atoms with E-state index in [1.807, 2.05) is 6.92 Å². The first kappa shape index (κ1) is 19.3. The third-order valence-electron chi connectivity index (χ3n) is 4.54. The Labute approximate surface area is 149 Å². The van der Waals surface area contributed by atoms with Gasteiger partial charge in [0.15, 0.2) is 0 Å². The van der Waals surface area contributed by atoms with Crippen LogP contribution in [-0.2, 0) is 4.79 Å². The smallest absolute Gasteiger partial charge is 0.271 e. The summed E-state index contributed by atoms with van der Waals surface area (Å²) in [7, 11) is 0. The highest BCUT2D eigenvalue weighted by atomic mass is 16.2. The molecule has 2 rings (SSSR count). The molecule has 138 valence electrons. The molecule has 1 aromatic rings. The van der Waals surface area contributed by atoms with Gasteiger partial charge >= 0.3 is 0 Å². The molecule has 1 aliphatic rings. The third-order valence-corrected chi connectivity index (χ3v) is 4.54. The summed E-state index contributed by atoms with van der Waals surface area (Å²) >= 11 is 0. The van der Waals surface area contributed by atoms with Crippen LogP contribution in [0, 0.1) is 6.92 Å². The van der Waals surface area contributed by atoms with E-state index >= 15 is 0 Å². The van der Waals surface area contributed by atoms with Crippen LogP contribution in [0.3, 0.4) is 0 Å². The van der Waals surface area contributed by atoms with E-state index in [1.54, 1.807) is 6.20 Å². The zero-order chi connectivity index (χ0) is 18.1. The van der Waals surface area contributed by atoms with Gasteiger partial charge in [-0.25, -0.2) is 4.98 Å². The van der Waals surface area contributed by atoms with Gasteiger partial charge < -0.3 is 15.5 Å². The standard InChI is InChI=1S/C18H29N5O2/c1-14-12-22-16(13-21-14)18(25)20-9-7-17(24)19-8-5-11-23-10-4-3-6-15(23)2/h12-13,15H,3-11H2,1-2H3,(H,19,24)(H,20,25). The lowest BCUT2D eigenvalue weighted by Gasteiger charge is -2.33. The van der Waals surface area contributed by atoms with E-state index in [-0.39, 0.29) is 23.9 Å². The van der Waals surface area contributed by atoms with Crippen LogP contribution in [0.4, 0.5) is 0 Å². The highest BCUT2D eigenvalue weighted by molar-refractivity contribution is 5.92. The molecule has 2 N–H and O–H groups in total. The van der Waals surface area contributed by atoms with Crippen molar-refractivity contribution in [2.75, 3.05) is 26.2 Å². The molecule has 1 unspecified atom stereocenters. The fraction of sp³-hybridized carbons (Fsp3) is 0.667. The number of carbonyl (C=O) groups excluding carboxylic acids is 2. The summed E-state index contributed by atoms with van der Waals surface area (Å²) in [5.41, 5.74) is 1.02. The van der Waals surface area contributed by atoms with Gasteiger partial charge in [-0.05, 0) is 39.7 Å². The first-order valence-electron chi connectivity index (χ1n) is 9.14. The van der Waals surface area contributed by atoms with Crippen molar-refractivity contribution in [1.82, 2.24) is 25.5 Å². The summed E-state index contributed by atoms with van der Waals surface area (Å²) in [6, 6.07) is 0.657. The van der Waals surface area contributed by atoms with Gasteiger partial charge in [0.1, 0.15) is 5.69 Å². The topological polar surface area (TPSA) is 87.2 Å². The predicted molar refractivity (Wildman–Crippen MR) is 96.2 cm³/mol. The number of nitrogens with one attached hydrogen (secondary N) is 2. The van der Waals surface area contributed by atoms with E-state index in [4.69, 9.17) is 0 Å². The van der Waals surface area contributed by atoms with E-state index in [0.29, 0.717) is 19.1 Å². The predicted octanol–water partition coefficient (Wildman–Crippen LogP) is 1.29. The Kier molecular flexibility index (Phi) is 7.78. The first-order valence-corrected chi connectivity index (χ1v) is 9.14. The lowest BCUT2D eigenvalue weighted by molar-refractivity contribution is -0.120. The van der Waals surface area contributed by atoms with Gasteiger partial charge in [-0.3, -0.25) is 14.6 Å². The average Bonchev–Trinajstić information content (AvgIpc) is 2.60. The van der Waals surface area contributed by atoms with E-state index < -0.39 is 0 Å². The molecule has 7 heteroatoms. The second-order valence-electron chi connectivity index (χ2n) is 6.63. The normalized spacial score (nSPS) is 17.9. The minimum atomic E-state index is -0.306. The second kappa shape index (κ2) is 10.1. The van der Waals surface area contributed by atoms with Crippen LogP contribution in [0.15, 0.2) is 12.4 Å². The molecule has 1 atom stereocenters. The summed E-state index contributed by atoms with van der Waals surface area (Å²) < 4.78 is 0. The minimum Gasteiger partial charge on any atom is -0.356 e. The van der Waals surface area contributed by atoms with Gasteiger partial charge in [-0.2, -0.15) is 0 Å². The van der Waals surface area contributed by atoms with Crippen molar-refractivity contribution in [3.63, 3.8) is 0 Å². The average molecular weight is 347 g/mol. The Bertz CT molecular complexity index is 561. The van der Waals surface area contributed by atoms with Crippen LogP contribution in [-0.4, -0.2) is 58.9 Å². The van der Waals surface area contributed by atoms with Crippen molar-refractivity contribution in [1.29, 1.82) is 0 Å². The maximum atomic E-state index is 11.9. The Morgan fingerprint density at radius 1 is 1.20 bits per heavy atom. The summed E-state index contributed by atoms with van der Waals surface area (Å²) in [4.78, 5) is 34.2. The van der Waals surface area contributed by atoms with Crippen LogP contribution in [0.5, 0.6) is 0 Å². The molecule has 0 saturated carbocycles. The molecule has 1 fully saturated rings. The van der Waals surface area contributed by atoms with Crippen molar-refractivity contribution < 1.29 is 9.59 Å². The molecule has 7 nitrogen and oxygen atoms in total. The Hall–Kier alpha value is -2.02.